The fourth-order valence-electron chi connectivity index (χ4n) is 3.21. The second-order valence-electron chi connectivity index (χ2n) is 5.99. The lowest BCUT2D eigenvalue weighted by Crippen LogP contribution is -2.52. The topological polar surface area (TPSA) is 110 Å². The molecule has 2 rings (SSSR count). The van der Waals surface area contributed by atoms with Gasteiger partial charge in [-0.05, 0) is 14.0 Å². The molecule has 0 aromatic carbocycles. The van der Waals surface area contributed by atoms with Gasteiger partial charge in [0.05, 0.1) is 24.8 Å². The number of carbonyl (C=O) groups is 3. The summed E-state index contributed by atoms with van der Waals surface area (Å²) >= 11 is 0. The van der Waals surface area contributed by atoms with Crippen LogP contribution in [-0.4, -0.2) is 88.6 Å². The first-order valence-corrected chi connectivity index (χ1v) is 7.46. The Bertz CT molecular complexity index is 469. The number of hydrogen-bond donors (Lipinski definition) is 3. The van der Waals surface area contributed by atoms with Crippen molar-refractivity contribution in [3.05, 3.63) is 0 Å². The monoisotopic (exact) mass is 313 g/mol. The summed E-state index contributed by atoms with van der Waals surface area (Å²) in [5.41, 5.74) is 0. The lowest BCUT2D eigenvalue weighted by Gasteiger charge is -2.30. The maximum atomic E-state index is 12.7. The van der Waals surface area contributed by atoms with Crippen LogP contribution < -0.4 is 5.32 Å². The highest BCUT2D eigenvalue weighted by atomic mass is 16.3. The van der Waals surface area contributed by atoms with E-state index in [4.69, 9.17) is 0 Å². The van der Waals surface area contributed by atoms with E-state index in [1.165, 1.54) is 16.7 Å². The normalized spacial score (nSPS) is 31.6. The van der Waals surface area contributed by atoms with Crippen LogP contribution in [0, 0.1) is 0 Å². The van der Waals surface area contributed by atoms with Crippen LogP contribution in [0.15, 0.2) is 0 Å². The van der Waals surface area contributed by atoms with Gasteiger partial charge in [0.15, 0.2) is 5.78 Å². The van der Waals surface area contributed by atoms with E-state index in [2.05, 4.69) is 5.32 Å². The first kappa shape index (κ1) is 16.9. The predicted molar refractivity (Wildman–Crippen MR) is 76.9 cm³/mol. The lowest BCUT2D eigenvalue weighted by molar-refractivity contribution is -0.145. The van der Waals surface area contributed by atoms with Crippen LogP contribution in [-0.2, 0) is 14.4 Å². The van der Waals surface area contributed by atoms with E-state index in [1.54, 1.807) is 7.05 Å². The molecule has 0 bridgehead atoms. The van der Waals surface area contributed by atoms with Crippen molar-refractivity contribution >= 4 is 17.6 Å². The maximum absolute atomic E-state index is 12.7. The Morgan fingerprint density at radius 2 is 1.59 bits per heavy atom. The average molecular weight is 313 g/mol. The quantitative estimate of drug-likeness (QED) is 0.539. The Kier molecular flexibility index (Phi) is 5.15. The number of aliphatic hydroxyl groups is 2. The summed E-state index contributed by atoms with van der Waals surface area (Å²) in [6, 6.07) is -1.43. The molecule has 22 heavy (non-hydrogen) atoms. The Morgan fingerprint density at radius 1 is 1.05 bits per heavy atom. The third-order valence-electron chi connectivity index (χ3n) is 4.24. The summed E-state index contributed by atoms with van der Waals surface area (Å²) in [4.78, 5) is 39.1. The highest BCUT2D eigenvalue weighted by molar-refractivity contribution is 5.93. The fourth-order valence-corrected chi connectivity index (χ4v) is 3.21. The van der Waals surface area contributed by atoms with Gasteiger partial charge in [0.25, 0.3) is 0 Å². The van der Waals surface area contributed by atoms with Crippen LogP contribution in [0.5, 0.6) is 0 Å². The molecule has 0 spiro atoms. The van der Waals surface area contributed by atoms with Gasteiger partial charge in [-0.25, -0.2) is 0 Å². The second-order valence-corrected chi connectivity index (χ2v) is 5.99. The molecule has 0 saturated carbocycles. The van der Waals surface area contributed by atoms with E-state index in [9.17, 15) is 24.6 Å². The summed E-state index contributed by atoms with van der Waals surface area (Å²) in [7, 11) is 1.63. The third kappa shape index (κ3) is 3.29. The van der Waals surface area contributed by atoms with Crippen LogP contribution in [0.2, 0.25) is 0 Å². The molecule has 4 atom stereocenters. The van der Waals surface area contributed by atoms with Gasteiger partial charge in [-0.3, -0.25) is 14.4 Å². The summed E-state index contributed by atoms with van der Waals surface area (Å²) in [6.45, 7) is 1.66. The van der Waals surface area contributed by atoms with E-state index in [1.807, 2.05) is 0 Å². The maximum Gasteiger partial charge on any atom is 0.246 e. The number of likely N-dealkylation sites (tertiary alicyclic amines) is 2. The number of carbonyl (C=O) groups excluding carboxylic acids is 3. The number of nitrogens with one attached hydrogen (secondary N) is 1. The minimum absolute atomic E-state index is 0.0786. The molecular formula is C14H23N3O5. The largest absolute Gasteiger partial charge is 0.391 e. The first-order valence-electron chi connectivity index (χ1n) is 7.46. The van der Waals surface area contributed by atoms with Gasteiger partial charge in [0.2, 0.25) is 11.8 Å². The predicted octanol–water partition coefficient (Wildman–Crippen LogP) is -2.28. The lowest BCUT2D eigenvalue weighted by atomic mass is 10.1. The van der Waals surface area contributed by atoms with Gasteiger partial charge in [0, 0.05) is 25.9 Å². The molecule has 2 aliphatic heterocycles. The van der Waals surface area contributed by atoms with Gasteiger partial charge >= 0.3 is 0 Å². The van der Waals surface area contributed by atoms with Crippen LogP contribution in [0.3, 0.4) is 0 Å². The van der Waals surface area contributed by atoms with Crippen LogP contribution >= 0.6 is 0 Å². The number of Topliss-reactive ketones (excluding diaryl/α,β-unsaturated/α-hetero) is 1. The van der Waals surface area contributed by atoms with E-state index < -0.39 is 24.3 Å². The minimum Gasteiger partial charge on any atom is -0.391 e. The number of hydrogen-bond acceptors (Lipinski definition) is 6. The molecule has 8 heteroatoms. The molecule has 0 aromatic rings. The van der Waals surface area contributed by atoms with Crippen molar-refractivity contribution < 1.29 is 24.6 Å². The number of nitrogens with zero attached hydrogens (tertiary/aromatic N) is 2. The minimum atomic E-state index is -0.775. The molecule has 2 aliphatic rings. The molecule has 3 N–H and O–H groups in total. The second kappa shape index (κ2) is 6.72. The van der Waals surface area contributed by atoms with E-state index in [0.717, 1.165) is 0 Å². The molecule has 2 heterocycles. The van der Waals surface area contributed by atoms with E-state index in [0.29, 0.717) is 0 Å². The zero-order chi connectivity index (χ0) is 16.4. The zero-order valence-electron chi connectivity index (χ0n) is 12.9. The first-order chi connectivity index (χ1) is 10.3. The summed E-state index contributed by atoms with van der Waals surface area (Å²) in [6.07, 6.45) is -1.10. The van der Waals surface area contributed by atoms with Crippen LogP contribution in [0.25, 0.3) is 0 Å². The summed E-state index contributed by atoms with van der Waals surface area (Å²) in [5.74, 6) is -0.828. The van der Waals surface area contributed by atoms with Gasteiger partial charge < -0.3 is 25.3 Å². The Labute approximate surface area is 129 Å². The Hall–Kier alpha value is -1.51. The molecule has 2 amide bonds. The summed E-state index contributed by atoms with van der Waals surface area (Å²) in [5, 5.41) is 22.3. The fraction of sp³-hybridized carbons (Fsp3) is 0.786. The standard InChI is InChI=1S/C14H23N3O5/c1-8(18)11-3-9(19)7-17(11)14(22)12-4-10(20)6-16(12)13(21)5-15-2/h9-12,15,19-20H,3-7H2,1-2H3. The number of β-amino-alcohol motifs (C(OH)–C–C–N with tert-alkyl or cyclic N) is 2. The highest BCUT2D eigenvalue weighted by Crippen LogP contribution is 2.25. The van der Waals surface area contributed by atoms with Crippen molar-refractivity contribution in [1.29, 1.82) is 0 Å². The van der Waals surface area contributed by atoms with Crippen molar-refractivity contribution in [3.8, 4) is 0 Å². The van der Waals surface area contributed by atoms with Crippen LogP contribution in [0.1, 0.15) is 19.8 Å². The summed E-state index contributed by atoms with van der Waals surface area (Å²) < 4.78 is 0. The molecule has 2 saturated heterocycles. The van der Waals surface area contributed by atoms with Crippen molar-refractivity contribution in [2.45, 2.75) is 44.1 Å². The number of likely N-dealkylation sites (N-methyl/N-ethyl adjacent to an activating group) is 1. The molecule has 124 valence electrons. The van der Waals surface area contributed by atoms with E-state index in [-0.39, 0.29) is 50.1 Å². The van der Waals surface area contributed by atoms with Crippen molar-refractivity contribution in [1.82, 2.24) is 15.1 Å². The molecule has 0 aromatic heterocycles. The molecule has 4 unspecified atom stereocenters. The number of rotatable bonds is 4. The third-order valence-corrected chi connectivity index (χ3v) is 4.24. The van der Waals surface area contributed by atoms with Gasteiger partial charge in [0.1, 0.15) is 6.04 Å². The Balaban J connectivity index is 2.15. The zero-order valence-corrected chi connectivity index (χ0v) is 12.9. The van der Waals surface area contributed by atoms with Gasteiger partial charge in [-0.1, -0.05) is 0 Å². The molecule has 8 nitrogen and oxygen atoms in total. The van der Waals surface area contributed by atoms with Crippen molar-refractivity contribution in [3.63, 3.8) is 0 Å². The molecule has 2 fully saturated rings. The number of ketones is 1. The molecular weight excluding hydrogens is 290 g/mol. The van der Waals surface area contributed by atoms with Crippen molar-refractivity contribution in [2.24, 2.45) is 0 Å². The van der Waals surface area contributed by atoms with Gasteiger partial charge in [-0.15, -0.1) is 0 Å². The molecule has 0 radical (unpaired) electrons. The highest BCUT2D eigenvalue weighted by Gasteiger charge is 2.45. The molecule has 0 aliphatic carbocycles. The smallest absolute Gasteiger partial charge is 0.246 e. The van der Waals surface area contributed by atoms with Crippen LogP contribution in [0.4, 0.5) is 0 Å². The number of amides is 2. The van der Waals surface area contributed by atoms with E-state index >= 15 is 0 Å². The Morgan fingerprint density at radius 3 is 2.14 bits per heavy atom. The number of aliphatic hydroxyl groups excluding tert-OH is 2. The average Bonchev–Trinajstić information content (AvgIpc) is 3.01. The van der Waals surface area contributed by atoms with Gasteiger partial charge in [-0.2, -0.15) is 0 Å². The SMILES string of the molecule is CNCC(=O)N1CC(O)CC1C(=O)N1CC(O)CC1C(C)=O. The van der Waals surface area contributed by atoms with Crippen molar-refractivity contribution in [2.75, 3.05) is 26.7 Å².